The summed E-state index contributed by atoms with van der Waals surface area (Å²) in [6.45, 7) is 5.16. The Bertz CT molecular complexity index is 109. The van der Waals surface area contributed by atoms with Crippen LogP contribution in [-0.4, -0.2) is 11.1 Å². The molecule has 40 valence electrons. The predicted octanol–water partition coefficient (Wildman–Crippen LogP) is 1.04. The molecule has 1 N–H and O–H groups in total. The zero-order chi connectivity index (χ0) is 6.57. The highest BCUT2D eigenvalue weighted by Gasteiger charge is 1.92. The van der Waals surface area contributed by atoms with Crippen LogP contribution in [0.5, 0.6) is 0 Å². The fourth-order valence-electron chi connectivity index (χ4n) is 0.246. The van der Waals surface area contributed by atoms with Gasteiger partial charge in [0.1, 0.15) is 0 Å². The van der Waals surface area contributed by atoms with Gasteiger partial charge in [-0.1, -0.05) is 12.2 Å². The lowest BCUT2D eigenvalue weighted by atomic mass is 10.2. The van der Waals surface area contributed by atoms with Gasteiger partial charge < -0.3 is 5.11 Å². The molecule has 0 fully saturated rings. The largest absolute Gasteiger partial charge is 0.481 e. The molecule has 0 aliphatic carbocycles. The van der Waals surface area contributed by atoms with Gasteiger partial charge in [0, 0.05) is 0 Å². The first-order valence-corrected chi connectivity index (χ1v) is 1.97. The molecule has 0 unspecified atom stereocenters. The van der Waals surface area contributed by atoms with Crippen molar-refractivity contribution in [2.45, 2.75) is 13.3 Å². The SMILES string of the molecule is [3H]OC(=O)CC(=C)C. The molecule has 0 aromatic rings. The topological polar surface area (TPSA) is 37.3 Å². The Morgan fingerprint density at radius 2 is 2.71 bits per heavy atom. The molecule has 2 nitrogen and oxygen atoms in total. The van der Waals surface area contributed by atoms with Crippen molar-refractivity contribution in [3.63, 3.8) is 0 Å². The zero-order valence-electron chi connectivity index (χ0n) is 5.23. The van der Waals surface area contributed by atoms with Gasteiger partial charge in [-0.25, -0.2) is 0 Å². The summed E-state index contributed by atoms with van der Waals surface area (Å²) in [6, 6.07) is 0. The van der Waals surface area contributed by atoms with Gasteiger partial charge in [0.05, 0.1) is 6.42 Å². The predicted molar refractivity (Wildman–Crippen MR) is 27.1 cm³/mol. The highest BCUT2D eigenvalue weighted by molar-refractivity contribution is 5.69. The van der Waals surface area contributed by atoms with E-state index in [1.807, 2.05) is 0 Å². The first-order chi connectivity index (χ1) is 3.66. The van der Waals surface area contributed by atoms with E-state index in [0.29, 0.717) is 5.57 Å². The van der Waals surface area contributed by atoms with E-state index in [2.05, 4.69) is 11.7 Å². The van der Waals surface area contributed by atoms with Gasteiger partial charge in [0.15, 0.2) is 0 Å². The van der Waals surface area contributed by atoms with Gasteiger partial charge in [-0.15, -0.1) is 0 Å². The van der Waals surface area contributed by atoms with Crippen molar-refractivity contribution in [2.75, 3.05) is 0 Å². The van der Waals surface area contributed by atoms with Crippen LogP contribution < -0.4 is 0 Å². The second-order valence-corrected chi connectivity index (χ2v) is 1.51. The number of hydrogen-bond acceptors (Lipinski definition) is 2. The Kier molecular flexibility index (Phi) is 1.50. The van der Waals surface area contributed by atoms with Crippen LogP contribution in [0.1, 0.15) is 13.3 Å². The summed E-state index contributed by atoms with van der Waals surface area (Å²) >= 11 is 0. The van der Waals surface area contributed by atoms with E-state index in [1.165, 1.54) is 0 Å². The molecule has 0 amide bonds. The third-order valence-electron chi connectivity index (χ3n) is 0.446. The molecule has 0 rings (SSSR count). The molecule has 7 heavy (non-hydrogen) atoms. The second-order valence-electron chi connectivity index (χ2n) is 1.51. The normalized spacial score (nSPS) is 9.57. The summed E-state index contributed by atoms with van der Waals surface area (Å²) in [5.74, 6) is -0.558. The number of carboxylic acid groups (broad SMARTS) is 1. The molecule has 0 radical (unpaired) electrons. The Balaban J connectivity index is 3.40. The number of aliphatic carboxylic acids is 1. The van der Waals surface area contributed by atoms with Crippen LogP contribution in [0, 0.1) is 0 Å². The Hall–Kier alpha value is -0.790. The first-order valence-electron chi connectivity index (χ1n) is 2.38. The molecule has 0 bridgehead atoms. The molecule has 0 aromatic heterocycles. The molecule has 0 aromatic carbocycles. The highest BCUT2D eigenvalue weighted by atomic mass is 16.4. The average molecular weight is 102 g/mol. The third kappa shape index (κ3) is 5.21. The smallest absolute Gasteiger partial charge is 0.307 e. The summed E-state index contributed by atoms with van der Waals surface area (Å²) < 4.78 is 6.11. The summed E-state index contributed by atoms with van der Waals surface area (Å²) in [6.07, 6.45) is 0.142. The lowest BCUT2D eigenvalue weighted by Gasteiger charge is -1.86. The number of hydrogen-bond donors (Lipinski definition) is 1. The lowest BCUT2D eigenvalue weighted by Crippen LogP contribution is -1.92. The van der Waals surface area contributed by atoms with Crippen molar-refractivity contribution in [3.05, 3.63) is 12.2 Å². The Morgan fingerprint density at radius 1 is 2.14 bits per heavy atom. The minimum Gasteiger partial charge on any atom is -0.481 e. The van der Waals surface area contributed by atoms with E-state index in [4.69, 9.17) is 1.43 Å². The molecule has 0 atom stereocenters. The van der Waals surface area contributed by atoms with E-state index < -0.39 is 5.97 Å². The lowest BCUT2D eigenvalue weighted by molar-refractivity contribution is -0.136. The number of carbonyl (C=O) groups is 1. The zero-order valence-corrected chi connectivity index (χ0v) is 4.23. The van der Waals surface area contributed by atoms with Gasteiger partial charge in [0.2, 0.25) is 0 Å². The summed E-state index contributed by atoms with van der Waals surface area (Å²) in [7, 11) is 0. The molecule has 0 saturated heterocycles. The maximum atomic E-state index is 10.2. The number of carboxylic acids is 1. The van der Waals surface area contributed by atoms with E-state index in [-0.39, 0.29) is 6.42 Å². The van der Waals surface area contributed by atoms with Crippen LogP contribution in [0.25, 0.3) is 1.43 Å². The van der Waals surface area contributed by atoms with E-state index >= 15 is 0 Å². The molecule has 0 heterocycles. The van der Waals surface area contributed by atoms with Gasteiger partial charge in [-0.05, 0) is 6.92 Å². The van der Waals surface area contributed by atoms with E-state index in [9.17, 15) is 4.79 Å². The van der Waals surface area contributed by atoms with Crippen molar-refractivity contribution in [1.29, 1.82) is 1.43 Å². The highest BCUT2D eigenvalue weighted by Crippen LogP contribution is 1.92. The molecule has 2 heteroatoms. The maximum Gasteiger partial charge on any atom is 0.307 e. The second kappa shape index (κ2) is 2.39. The van der Waals surface area contributed by atoms with Gasteiger partial charge >= 0.3 is 5.97 Å². The standard InChI is InChI=1S/C5H8O2/c1-4(2)3-5(6)7/h1,3H2,2H3,(H,6,7)/i/hT. The fraction of sp³-hybridized carbons (Fsp3) is 0.400. The van der Waals surface area contributed by atoms with Crippen LogP contribution in [0.2, 0.25) is 0 Å². The van der Waals surface area contributed by atoms with Gasteiger partial charge in [-0.2, -0.15) is 0 Å². The number of rotatable bonds is 2. The minimum atomic E-state index is -0.558. The molecular formula is C5H8O2. The maximum absolute atomic E-state index is 10.2. The monoisotopic (exact) mass is 102 g/mol. The Morgan fingerprint density at radius 3 is 2.86 bits per heavy atom. The summed E-state index contributed by atoms with van der Waals surface area (Å²) in [5, 5.41) is 3.61. The van der Waals surface area contributed by atoms with Crippen molar-refractivity contribution < 1.29 is 9.90 Å². The molecule has 0 saturated carbocycles. The fourth-order valence-corrected chi connectivity index (χ4v) is 0.246. The van der Waals surface area contributed by atoms with Crippen LogP contribution in [0.3, 0.4) is 0 Å². The van der Waals surface area contributed by atoms with Gasteiger partial charge in [-0.3, -0.25) is 4.79 Å². The van der Waals surface area contributed by atoms with E-state index in [0.717, 1.165) is 0 Å². The molecule has 0 aliphatic heterocycles. The summed E-state index contributed by atoms with van der Waals surface area (Å²) in [5.41, 5.74) is 0.710. The van der Waals surface area contributed by atoms with Gasteiger partial charge in [0.25, 0.3) is 1.43 Å². The minimum absolute atomic E-state index is 0.142. The van der Waals surface area contributed by atoms with Crippen LogP contribution in [0.4, 0.5) is 0 Å². The van der Waals surface area contributed by atoms with Crippen LogP contribution in [0.15, 0.2) is 12.2 Å². The van der Waals surface area contributed by atoms with Crippen molar-refractivity contribution in [2.24, 2.45) is 0 Å². The van der Waals surface area contributed by atoms with Crippen LogP contribution in [-0.2, 0) is 4.79 Å². The quantitative estimate of drug-likeness (QED) is 0.529. The summed E-state index contributed by atoms with van der Waals surface area (Å²) in [4.78, 5) is 10.2. The average Bonchev–Trinajstić information content (AvgIpc) is 1.65. The molecule has 0 aliphatic rings. The van der Waals surface area contributed by atoms with Crippen molar-refractivity contribution >= 4 is 5.97 Å². The third-order valence-corrected chi connectivity index (χ3v) is 0.446. The first kappa shape index (κ1) is 4.37. The Labute approximate surface area is 44.0 Å². The van der Waals surface area contributed by atoms with Crippen molar-refractivity contribution in [3.8, 4) is 0 Å². The van der Waals surface area contributed by atoms with E-state index in [1.54, 1.807) is 6.92 Å². The van der Waals surface area contributed by atoms with Crippen molar-refractivity contribution in [1.82, 2.24) is 0 Å². The van der Waals surface area contributed by atoms with Crippen LogP contribution >= 0.6 is 0 Å². The molecular weight excluding hydrogens is 92.1 g/mol. The molecule has 0 spiro atoms.